The maximum Gasteiger partial charge on any atom is 0.234 e. The fourth-order valence-corrected chi connectivity index (χ4v) is 3.79. The summed E-state index contributed by atoms with van der Waals surface area (Å²) in [5, 5.41) is 2.91. The summed E-state index contributed by atoms with van der Waals surface area (Å²) in [5.41, 5.74) is 3.02. The summed E-state index contributed by atoms with van der Waals surface area (Å²) in [6.07, 6.45) is 3.44. The van der Waals surface area contributed by atoms with Crippen LogP contribution in [0.3, 0.4) is 0 Å². The van der Waals surface area contributed by atoms with Crippen LogP contribution in [0, 0.1) is 13.8 Å². The second kappa shape index (κ2) is 9.54. The Bertz CT molecular complexity index is 823. The van der Waals surface area contributed by atoms with Crippen molar-refractivity contribution in [2.45, 2.75) is 13.8 Å². The van der Waals surface area contributed by atoms with Crippen molar-refractivity contribution in [1.29, 1.82) is 0 Å². The number of hydrogen-bond acceptors (Lipinski definition) is 6. The van der Waals surface area contributed by atoms with Gasteiger partial charge in [0.25, 0.3) is 0 Å². The smallest absolute Gasteiger partial charge is 0.234 e. The zero-order valence-corrected chi connectivity index (χ0v) is 17.0. The standard InChI is InChI=1S/C20H25N5O2S/c1-15-4-5-17(16(2)12-15)23-18(26)13-28-14-19(27)24-8-10-25(11-9-24)20-21-6-3-7-22-20/h3-7,12H,8-11,13-14H2,1-2H3,(H,23,26). The van der Waals surface area contributed by atoms with Crippen molar-refractivity contribution in [3.05, 3.63) is 47.8 Å². The van der Waals surface area contributed by atoms with Crippen molar-refractivity contribution in [3.8, 4) is 0 Å². The molecule has 148 valence electrons. The van der Waals surface area contributed by atoms with Crippen LogP contribution in [0.5, 0.6) is 0 Å². The van der Waals surface area contributed by atoms with Crippen molar-refractivity contribution in [2.75, 3.05) is 47.9 Å². The molecule has 0 atom stereocenters. The summed E-state index contributed by atoms with van der Waals surface area (Å²) in [5.74, 6) is 1.25. The topological polar surface area (TPSA) is 78.4 Å². The number of amides is 2. The first-order chi connectivity index (χ1) is 13.5. The molecule has 7 nitrogen and oxygen atoms in total. The predicted octanol–water partition coefficient (Wildman–Crippen LogP) is 2.11. The maximum absolute atomic E-state index is 12.4. The molecule has 1 N–H and O–H groups in total. The van der Waals surface area contributed by atoms with E-state index in [1.54, 1.807) is 18.5 Å². The zero-order chi connectivity index (χ0) is 19.9. The molecule has 1 aliphatic heterocycles. The summed E-state index contributed by atoms with van der Waals surface area (Å²) in [6, 6.07) is 7.71. The normalized spacial score (nSPS) is 14.1. The SMILES string of the molecule is Cc1ccc(NC(=O)CSCC(=O)N2CCN(c3ncccn3)CC2)c(C)c1. The Labute approximate surface area is 169 Å². The number of aryl methyl sites for hydroxylation is 2. The molecule has 28 heavy (non-hydrogen) atoms. The van der Waals surface area contributed by atoms with Crippen molar-refractivity contribution < 1.29 is 9.59 Å². The Morgan fingerprint density at radius 1 is 1.07 bits per heavy atom. The number of rotatable bonds is 6. The average Bonchev–Trinajstić information content (AvgIpc) is 2.71. The highest BCUT2D eigenvalue weighted by Crippen LogP contribution is 2.17. The fourth-order valence-electron chi connectivity index (χ4n) is 3.07. The first-order valence-corrected chi connectivity index (χ1v) is 10.4. The minimum Gasteiger partial charge on any atom is -0.338 e. The summed E-state index contributed by atoms with van der Waals surface area (Å²) < 4.78 is 0. The van der Waals surface area contributed by atoms with Crippen molar-refractivity contribution in [3.63, 3.8) is 0 Å². The van der Waals surface area contributed by atoms with Crippen LogP contribution in [0.4, 0.5) is 11.6 Å². The third-order valence-electron chi connectivity index (χ3n) is 4.58. The van der Waals surface area contributed by atoms with Crippen LogP contribution in [0.2, 0.25) is 0 Å². The summed E-state index contributed by atoms with van der Waals surface area (Å²) in [7, 11) is 0. The predicted molar refractivity (Wildman–Crippen MR) is 113 cm³/mol. The molecular formula is C20H25N5O2S. The van der Waals surface area contributed by atoms with Gasteiger partial charge >= 0.3 is 0 Å². The van der Waals surface area contributed by atoms with E-state index in [0.717, 1.165) is 16.8 Å². The Morgan fingerprint density at radius 3 is 2.46 bits per heavy atom. The number of thioether (sulfide) groups is 1. The molecule has 0 aliphatic carbocycles. The van der Waals surface area contributed by atoms with Crippen LogP contribution >= 0.6 is 11.8 Å². The Hall–Kier alpha value is -2.61. The van der Waals surface area contributed by atoms with E-state index in [4.69, 9.17) is 0 Å². The van der Waals surface area contributed by atoms with Gasteiger partial charge in [-0.1, -0.05) is 17.7 Å². The van der Waals surface area contributed by atoms with Crippen LogP contribution < -0.4 is 10.2 Å². The van der Waals surface area contributed by atoms with Gasteiger partial charge in [-0.15, -0.1) is 11.8 Å². The number of aromatic nitrogens is 2. The minimum absolute atomic E-state index is 0.0675. The van der Waals surface area contributed by atoms with Gasteiger partial charge in [-0.3, -0.25) is 9.59 Å². The molecule has 0 bridgehead atoms. The number of carbonyl (C=O) groups excluding carboxylic acids is 2. The first-order valence-electron chi connectivity index (χ1n) is 9.27. The van der Waals surface area contributed by atoms with E-state index < -0.39 is 0 Å². The Kier molecular flexibility index (Phi) is 6.86. The third kappa shape index (κ3) is 5.45. The molecule has 1 saturated heterocycles. The number of nitrogens with zero attached hydrogens (tertiary/aromatic N) is 4. The van der Waals surface area contributed by atoms with Gasteiger partial charge in [0.1, 0.15) is 0 Å². The number of carbonyl (C=O) groups is 2. The lowest BCUT2D eigenvalue weighted by molar-refractivity contribution is -0.128. The van der Waals surface area contributed by atoms with Gasteiger partial charge in [0, 0.05) is 44.3 Å². The van der Waals surface area contributed by atoms with Crippen molar-refractivity contribution >= 4 is 35.2 Å². The summed E-state index contributed by atoms with van der Waals surface area (Å²) in [6.45, 7) is 6.71. The van der Waals surface area contributed by atoms with Crippen LogP contribution in [-0.2, 0) is 9.59 Å². The summed E-state index contributed by atoms with van der Waals surface area (Å²) >= 11 is 1.35. The molecule has 1 aliphatic rings. The molecule has 1 fully saturated rings. The molecule has 8 heteroatoms. The zero-order valence-electron chi connectivity index (χ0n) is 16.2. The molecule has 2 amide bonds. The van der Waals surface area contributed by atoms with Gasteiger partial charge in [-0.05, 0) is 31.5 Å². The molecule has 0 unspecified atom stereocenters. The lowest BCUT2D eigenvalue weighted by Gasteiger charge is -2.34. The molecule has 3 rings (SSSR count). The third-order valence-corrected chi connectivity index (χ3v) is 5.50. The Morgan fingerprint density at radius 2 is 1.79 bits per heavy atom. The summed E-state index contributed by atoms with van der Waals surface area (Å²) in [4.78, 5) is 36.9. The number of benzene rings is 1. The molecule has 1 aromatic carbocycles. The molecule has 2 aromatic rings. The van der Waals surface area contributed by atoms with Crippen molar-refractivity contribution in [2.24, 2.45) is 0 Å². The Balaban J connectivity index is 1.38. The van der Waals surface area contributed by atoms with Crippen LogP contribution in [0.25, 0.3) is 0 Å². The lowest BCUT2D eigenvalue weighted by atomic mass is 10.1. The van der Waals surface area contributed by atoms with E-state index in [1.165, 1.54) is 11.8 Å². The van der Waals surface area contributed by atoms with E-state index in [0.29, 0.717) is 37.9 Å². The minimum atomic E-state index is -0.0872. The quantitative estimate of drug-likeness (QED) is 0.802. The highest BCUT2D eigenvalue weighted by molar-refractivity contribution is 8.00. The monoisotopic (exact) mass is 399 g/mol. The lowest BCUT2D eigenvalue weighted by Crippen LogP contribution is -2.49. The molecule has 0 radical (unpaired) electrons. The fraction of sp³-hybridized carbons (Fsp3) is 0.400. The molecule has 1 aromatic heterocycles. The highest BCUT2D eigenvalue weighted by Gasteiger charge is 2.22. The van der Waals surface area contributed by atoms with Gasteiger partial charge in [0.2, 0.25) is 17.8 Å². The molecule has 0 spiro atoms. The van der Waals surface area contributed by atoms with Gasteiger partial charge in [0.05, 0.1) is 11.5 Å². The largest absolute Gasteiger partial charge is 0.338 e. The van der Waals surface area contributed by atoms with E-state index in [-0.39, 0.29) is 17.6 Å². The highest BCUT2D eigenvalue weighted by atomic mass is 32.2. The average molecular weight is 400 g/mol. The van der Waals surface area contributed by atoms with E-state index in [2.05, 4.69) is 20.2 Å². The van der Waals surface area contributed by atoms with E-state index in [1.807, 2.05) is 36.9 Å². The molecule has 0 saturated carbocycles. The van der Waals surface area contributed by atoms with Crippen LogP contribution in [-0.4, -0.2) is 64.4 Å². The second-order valence-electron chi connectivity index (χ2n) is 6.78. The first kappa shape index (κ1) is 20.1. The number of hydrogen-bond donors (Lipinski definition) is 1. The second-order valence-corrected chi connectivity index (χ2v) is 7.76. The van der Waals surface area contributed by atoms with Crippen molar-refractivity contribution in [1.82, 2.24) is 14.9 Å². The van der Waals surface area contributed by atoms with Gasteiger partial charge in [-0.2, -0.15) is 0 Å². The maximum atomic E-state index is 12.4. The van der Waals surface area contributed by atoms with Gasteiger partial charge < -0.3 is 15.1 Å². The number of nitrogens with one attached hydrogen (secondary N) is 1. The number of anilines is 2. The molecule has 2 heterocycles. The van der Waals surface area contributed by atoms with E-state index in [9.17, 15) is 9.59 Å². The van der Waals surface area contributed by atoms with Gasteiger partial charge in [0.15, 0.2) is 0 Å². The van der Waals surface area contributed by atoms with E-state index >= 15 is 0 Å². The van der Waals surface area contributed by atoms with Gasteiger partial charge in [-0.25, -0.2) is 9.97 Å². The number of piperazine rings is 1. The van der Waals surface area contributed by atoms with Crippen LogP contribution in [0.15, 0.2) is 36.7 Å². The van der Waals surface area contributed by atoms with Crippen LogP contribution in [0.1, 0.15) is 11.1 Å². The molecular weight excluding hydrogens is 374 g/mol.